The van der Waals surface area contributed by atoms with E-state index in [-0.39, 0.29) is 10.8 Å². The van der Waals surface area contributed by atoms with Crippen LogP contribution in [-0.4, -0.2) is 4.98 Å². The second kappa shape index (κ2) is 2.96. The van der Waals surface area contributed by atoms with Crippen molar-refractivity contribution in [2.75, 3.05) is 0 Å². The molecule has 0 N–H and O–H groups in total. The fraction of sp³-hybridized carbons (Fsp3) is 0.286. The Balaban J connectivity index is 3.31. The predicted molar refractivity (Wildman–Crippen MR) is 44.2 cm³/mol. The molecule has 0 aromatic carbocycles. The summed E-state index contributed by atoms with van der Waals surface area (Å²) < 4.78 is 0. The third kappa shape index (κ3) is 1.54. The maximum absolute atomic E-state index is 10.1. The summed E-state index contributed by atoms with van der Waals surface area (Å²) in [6, 6.07) is 1.62. The van der Waals surface area contributed by atoms with Crippen LogP contribution in [0.5, 0.6) is 0 Å². The molecule has 0 saturated heterocycles. The van der Waals surface area contributed by atoms with Crippen LogP contribution in [0, 0.1) is 18.8 Å². The molecule has 11 heavy (non-hydrogen) atoms. The van der Waals surface area contributed by atoms with Gasteiger partial charge in [0, 0.05) is 5.69 Å². The number of rotatable bonds is 1. The van der Waals surface area contributed by atoms with Crippen LogP contribution in [0.15, 0.2) is 11.2 Å². The first-order valence-corrected chi connectivity index (χ1v) is 3.50. The highest BCUT2D eigenvalue weighted by atomic mass is 35.5. The molecule has 1 aromatic rings. The summed E-state index contributed by atoms with van der Waals surface area (Å²) in [6.07, 6.45) is 0. The molecule has 0 radical (unpaired) electrons. The van der Waals surface area contributed by atoms with Crippen LogP contribution in [0.1, 0.15) is 11.3 Å². The number of hydrogen-bond donors (Lipinski definition) is 0. The van der Waals surface area contributed by atoms with Gasteiger partial charge in [-0.05, 0) is 30.7 Å². The summed E-state index contributed by atoms with van der Waals surface area (Å²) in [5.41, 5.74) is 1.95. The smallest absolute Gasteiger partial charge is 0.158 e. The minimum atomic E-state index is 0.170. The molecule has 3 nitrogen and oxygen atoms in total. The lowest BCUT2D eigenvalue weighted by molar-refractivity contribution is 1.14. The molecule has 1 rings (SSSR count). The van der Waals surface area contributed by atoms with Crippen LogP contribution >= 0.6 is 11.6 Å². The van der Waals surface area contributed by atoms with Crippen LogP contribution in [-0.2, 0) is 0 Å². The normalized spacial score (nSPS) is 9.73. The Bertz CT molecular complexity index is 299. The molecule has 1 heterocycles. The molecule has 4 heteroatoms. The van der Waals surface area contributed by atoms with Gasteiger partial charge in [0.05, 0.1) is 0 Å². The minimum absolute atomic E-state index is 0.170. The highest BCUT2D eigenvalue weighted by Gasteiger charge is 2.03. The molecule has 58 valence electrons. The maximum atomic E-state index is 10.1. The SMILES string of the molecule is Cc1cc(N=O)c(Cl)nc1C. The Morgan fingerprint density at radius 1 is 1.55 bits per heavy atom. The lowest BCUT2D eigenvalue weighted by Gasteiger charge is -1.99. The van der Waals surface area contributed by atoms with Crippen molar-refractivity contribution < 1.29 is 0 Å². The van der Waals surface area contributed by atoms with Crippen LogP contribution in [0.3, 0.4) is 0 Å². The van der Waals surface area contributed by atoms with Gasteiger partial charge in [-0.25, -0.2) is 4.98 Å². The lowest BCUT2D eigenvalue weighted by atomic mass is 10.2. The number of nitroso groups, excluding NO2 is 1. The molecule has 0 saturated carbocycles. The first-order chi connectivity index (χ1) is 5.15. The van der Waals surface area contributed by atoms with Crippen molar-refractivity contribution in [2.24, 2.45) is 5.18 Å². The van der Waals surface area contributed by atoms with Gasteiger partial charge < -0.3 is 0 Å². The molecule has 0 aliphatic carbocycles. The number of aromatic nitrogens is 1. The summed E-state index contributed by atoms with van der Waals surface area (Å²) in [7, 11) is 0. The molecule has 1 aromatic heterocycles. The molecule has 0 amide bonds. The average Bonchev–Trinajstić information content (AvgIpc) is 1.97. The van der Waals surface area contributed by atoms with E-state index >= 15 is 0 Å². The summed E-state index contributed by atoms with van der Waals surface area (Å²) in [5, 5.41) is 2.90. The van der Waals surface area contributed by atoms with Gasteiger partial charge in [-0.1, -0.05) is 11.6 Å². The van der Waals surface area contributed by atoms with Crippen molar-refractivity contribution in [2.45, 2.75) is 13.8 Å². The molecule has 0 fully saturated rings. The van der Waals surface area contributed by atoms with Crippen molar-refractivity contribution in [3.05, 3.63) is 27.4 Å². The number of pyridine rings is 1. The van der Waals surface area contributed by atoms with Gasteiger partial charge in [0.1, 0.15) is 5.69 Å². The van der Waals surface area contributed by atoms with Gasteiger partial charge in [-0.2, -0.15) is 0 Å². The van der Waals surface area contributed by atoms with Crippen molar-refractivity contribution in [1.29, 1.82) is 0 Å². The highest BCUT2D eigenvalue weighted by Crippen LogP contribution is 2.24. The number of halogens is 1. The third-order valence-corrected chi connectivity index (χ3v) is 1.78. The monoisotopic (exact) mass is 170 g/mol. The van der Waals surface area contributed by atoms with Gasteiger partial charge >= 0.3 is 0 Å². The molecular weight excluding hydrogens is 164 g/mol. The van der Waals surface area contributed by atoms with Gasteiger partial charge in [-0.3, -0.25) is 0 Å². The Kier molecular flexibility index (Phi) is 2.19. The van der Waals surface area contributed by atoms with E-state index in [9.17, 15) is 4.91 Å². The van der Waals surface area contributed by atoms with E-state index < -0.39 is 0 Å². The largest absolute Gasteiger partial charge is 0.239 e. The van der Waals surface area contributed by atoms with Gasteiger partial charge in [0.25, 0.3) is 0 Å². The molecular formula is C7H7ClN2O. The van der Waals surface area contributed by atoms with Crippen LogP contribution in [0.2, 0.25) is 5.15 Å². The molecule has 0 bridgehead atoms. The van der Waals surface area contributed by atoms with E-state index in [1.54, 1.807) is 6.07 Å². The molecule has 0 unspecified atom stereocenters. The number of hydrogen-bond acceptors (Lipinski definition) is 3. The summed E-state index contributed by atoms with van der Waals surface area (Å²) in [4.78, 5) is 14.0. The van der Waals surface area contributed by atoms with Crippen molar-refractivity contribution >= 4 is 17.3 Å². The van der Waals surface area contributed by atoms with Crippen LogP contribution in [0.25, 0.3) is 0 Å². The standard InChI is InChI=1S/C7H7ClN2O/c1-4-3-6(10-11)7(8)9-5(4)2/h3H,1-2H3. The molecule has 0 aliphatic heterocycles. The maximum Gasteiger partial charge on any atom is 0.158 e. The van der Waals surface area contributed by atoms with E-state index in [1.807, 2.05) is 13.8 Å². The van der Waals surface area contributed by atoms with E-state index in [0.29, 0.717) is 0 Å². The average molecular weight is 171 g/mol. The Labute approximate surface area is 69.4 Å². The fourth-order valence-electron chi connectivity index (χ4n) is 0.726. The second-order valence-electron chi connectivity index (χ2n) is 2.29. The summed E-state index contributed by atoms with van der Waals surface area (Å²) >= 11 is 5.60. The van der Waals surface area contributed by atoms with Crippen LogP contribution < -0.4 is 0 Å². The quantitative estimate of drug-likeness (QED) is 0.481. The minimum Gasteiger partial charge on any atom is -0.239 e. The van der Waals surface area contributed by atoms with Crippen molar-refractivity contribution in [1.82, 2.24) is 4.98 Å². The third-order valence-electron chi connectivity index (χ3n) is 1.50. The molecule has 0 spiro atoms. The Hall–Kier alpha value is -0.960. The first-order valence-electron chi connectivity index (χ1n) is 3.12. The Morgan fingerprint density at radius 2 is 2.18 bits per heavy atom. The number of nitrogens with zero attached hydrogens (tertiary/aromatic N) is 2. The molecule has 0 atom stereocenters. The molecule has 0 aliphatic rings. The van der Waals surface area contributed by atoms with E-state index in [2.05, 4.69) is 10.2 Å². The van der Waals surface area contributed by atoms with E-state index in [0.717, 1.165) is 11.3 Å². The zero-order valence-electron chi connectivity index (χ0n) is 6.26. The lowest BCUT2D eigenvalue weighted by Crippen LogP contribution is -1.86. The topological polar surface area (TPSA) is 42.3 Å². The summed E-state index contributed by atoms with van der Waals surface area (Å²) in [5.74, 6) is 0. The van der Waals surface area contributed by atoms with Gasteiger partial charge in [0.15, 0.2) is 5.15 Å². The van der Waals surface area contributed by atoms with Crippen molar-refractivity contribution in [3.63, 3.8) is 0 Å². The zero-order chi connectivity index (χ0) is 8.43. The highest BCUT2D eigenvalue weighted by molar-refractivity contribution is 6.31. The van der Waals surface area contributed by atoms with Crippen LogP contribution in [0.4, 0.5) is 5.69 Å². The van der Waals surface area contributed by atoms with Crippen molar-refractivity contribution in [3.8, 4) is 0 Å². The fourth-order valence-corrected chi connectivity index (χ4v) is 0.942. The predicted octanol–water partition coefficient (Wildman–Crippen LogP) is 2.75. The first kappa shape index (κ1) is 8.14. The second-order valence-corrected chi connectivity index (χ2v) is 2.65. The van der Waals surface area contributed by atoms with E-state index in [1.165, 1.54) is 0 Å². The zero-order valence-corrected chi connectivity index (χ0v) is 7.01. The Morgan fingerprint density at radius 3 is 2.73 bits per heavy atom. The van der Waals surface area contributed by atoms with Gasteiger partial charge in [-0.15, -0.1) is 4.91 Å². The van der Waals surface area contributed by atoms with Gasteiger partial charge in [0.2, 0.25) is 0 Å². The van der Waals surface area contributed by atoms with E-state index in [4.69, 9.17) is 11.6 Å². The summed E-state index contributed by atoms with van der Waals surface area (Å²) in [6.45, 7) is 3.68. The number of aryl methyl sites for hydroxylation is 2.